The zero-order valence-electron chi connectivity index (χ0n) is 16.0. The first kappa shape index (κ1) is 20.7. The average Bonchev–Trinajstić information content (AvgIpc) is 2.94. The molecule has 154 valence electrons. The number of nitrogens with zero attached hydrogens (tertiary/aromatic N) is 1. The van der Waals surface area contributed by atoms with Crippen LogP contribution >= 0.6 is 18.2 Å². The van der Waals surface area contributed by atoms with Crippen LogP contribution in [0.3, 0.4) is 0 Å². The maximum atomic E-state index is 13.8. The molecule has 3 atom stereocenters. The number of benzene rings is 3. The Kier molecular flexibility index (Phi) is 6.23. The van der Waals surface area contributed by atoms with Gasteiger partial charge in [-0.1, -0.05) is 60.7 Å². The van der Waals surface area contributed by atoms with Crippen molar-refractivity contribution in [3.8, 4) is 5.75 Å². The highest BCUT2D eigenvalue weighted by molar-refractivity contribution is 8.55. The lowest BCUT2D eigenvalue weighted by Gasteiger charge is -2.22. The molecule has 0 amide bonds. The second-order valence-corrected chi connectivity index (χ2v) is 10.9. The highest BCUT2D eigenvalue weighted by Gasteiger charge is 2.39. The molecule has 1 saturated heterocycles. The molecule has 0 bridgehead atoms. The van der Waals surface area contributed by atoms with Crippen LogP contribution in [0.1, 0.15) is 35.3 Å². The normalized spacial score (nSPS) is 24.0. The molecule has 1 fully saturated rings. The van der Waals surface area contributed by atoms with Crippen LogP contribution < -0.4 is 4.52 Å². The molecule has 0 radical (unpaired) electrons. The van der Waals surface area contributed by atoms with Crippen LogP contribution in [0.4, 0.5) is 5.69 Å². The van der Waals surface area contributed by atoms with E-state index < -0.39 is 11.7 Å². The molecule has 6 nitrogen and oxygen atoms in total. The predicted molar refractivity (Wildman–Crippen MR) is 118 cm³/mol. The Morgan fingerprint density at radius 1 is 0.900 bits per heavy atom. The Labute approximate surface area is 178 Å². The summed E-state index contributed by atoms with van der Waals surface area (Å²) in [6, 6.07) is 25.1. The van der Waals surface area contributed by atoms with Gasteiger partial charge in [0.1, 0.15) is 5.75 Å². The van der Waals surface area contributed by atoms with Crippen molar-refractivity contribution in [3.63, 3.8) is 0 Å². The number of hydrogen-bond acceptors (Lipinski definition) is 6. The van der Waals surface area contributed by atoms with Crippen molar-refractivity contribution < 1.29 is 18.5 Å². The quantitative estimate of drug-likeness (QED) is 0.239. The maximum absolute atomic E-state index is 13.8. The van der Waals surface area contributed by atoms with Gasteiger partial charge in [0.25, 0.3) is 5.69 Å². The zero-order valence-corrected chi connectivity index (χ0v) is 17.7. The first-order chi connectivity index (χ1) is 14.5. The molecule has 0 N–H and O–H groups in total. The van der Waals surface area contributed by atoms with Gasteiger partial charge in [0.05, 0.1) is 11.0 Å². The smallest absolute Gasteiger partial charge is 0.417 e. The third-order valence-corrected chi connectivity index (χ3v) is 8.80. The van der Waals surface area contributed by atoms with Crippen molar-refractivity contribution in [2.45, 2.75) is 24.2 Å². The fraction of sp³-hybridized carbons (Fsp3) is 0.182. The van der Waals surface area contributed by atoms with E-state index in [1.54, 1.807) is 0 Å². The maximum Gasteiger partial charge on any atom is 0.441 e. The lowest BCUT2D eigenvalue weighted by atomic mass is 10.0. The van der Waals surface area contributed by atoms with Crippen LogP contribution in [0, 0.1) is 10.1 Å². The van der Waals surface area contributed by atoms with E-state index in [1.165, 1.54) is 35.6 Å². The van der Waals surface area contributed by atoms with Crippen LogP contribution in [0.2, 0.25) is 0 Å². The fourth-order valence-electron chi connectivity index (χ4n) is 3.34. The van der Waals surface area contributed by atoms with Gasteiger partial charge in [-0.15, -0.1) is 0 Å². The summed E-state index contributed by atoms with van der Waals surface area (Å²) in [4.78, 5) is 10.4. The first-order valence-electron chi connectivity index (χ1n) is 9.53. The summed E-state index contributed by atoms with van der Waals surface area (Å²) in [5.41, 5.74) is 1.95. The molecule has 1 aliphatic heterocycles. The lowest BCUT2D eigenvalue weighted by Crippen LogP contribution is -2.02. The summed E-state index contributed by atoms with van der Waals surface area (Å²) in [6.07, 6.45) is 1.11. The van der Waals surface area contributed by atoms with Crippen LogP contribution in [0.15, 0.2) is 84.9 Å². The Morgan fingerprint density at radius 2 is 1.50 bits per heavy atom. The Hall–Kier alpha value is -2.60. The zero-order chi connectivity index (χ0) is 21.0. The summed E-state index contributed by atoms with van der Waals surface area (Å²) in [5, 5.41) is 10.8. The third kappa shape index (κ3) is 4.93. The van der Waals surface area contributed by atoms with Crippen molar-refractivity contribution in [1.29, 1.82) is 0 Å². The lowest BCUT2D eigenvalue weighted by molar-refractivity contribution is -0.384. The number of non-ortho nitro benzene ring substituents is 1. The van der Waals surface area contributed by atoms with Crippen molar-refractivity contribution in [1.82, 2.24) is 0 Å². The molecule has 0 unspecified atom stereocenters. The highest BCUT2D eigenvalue weighted by Crippen LogP contribution is 2.70. The summed E-state index contributed by atoms with van der Waals surface area (Å²) < 4.78 is 25.7. The Morgan fingerprint density at radius 3 is 2.10 bits per heavy atom. The molecule has 30 heavy (non-hydrogen) atoms. The summed E-state index contributed by atoms with van der Waals surface area (Å²) in [6.45, 7) is -3.61. The minimum absolute atomic E-state index is 0.0520. The third-order valence-electron chi connectivity index (χ3n) is 4.81. The van der Waals surface area contributed by atoms with Crippen LogP contribution in [-0.2, 0) is 9.09 Å². The summed E-state index contributed by atoms with van der Waals surface area (Å²) in [7, 11) is 0. The van der Waals surface area contributed by atoms with E-state index in [2.05, 4.69) is 0 Å². The summed E-state index contributed by atoms with van der Waals surface area (Å²) in [5.74, 6) is 0.275. The predicted octanol–water partition coefficient (Wildman–Crippen LogP) is 7.11. The van der Waals surface area contributed by atoms with E-state index in [-0.39, 0.29) is 22.8 Å². The van der Waals surface area contributed by atoms with Crippen molar-refractivity contribution >= 4 is 23.9 Å². The molecular formula is C22H20NO5PS. The van der Waals surface area contributed by atoms with E-state index in [9.17, 15) is 14.7 Å². The number of hydrogen-bond donors (Lipinski definition) is 0. The average molecular weight is 441 g/mol. The van der Waals surface area contributed by atoms with Gasteiger partial charge < -0.3 is 4.52 Å². The van der Waals surface area contributed by atoms with Gasteiger partial charge in [-0.2, -0.15) is 0 Å². The molecule has 1 heterocycles. The van der Waals surface area contributed by atoms with Gasteiger partial charge in [-0.3, -0.25) is 14.6 Å². The molecule has 0 aliphatic carbocycles. The van der Waals surface area contributed by atoms with Gasteiger partial charge in [0.2, 0.25) is 0 Å². The molecule has 0 spiro atoms. The molecule has 4 rings (SSSR count). The molecular weight excluding hydrogens is 421 g/mol. The van der Waals surface area contributed by atoms with Gasteiger partial charge >= 0.3 is 6.80 Å². The second kappa shape index (κ2) is 9.04. The van der Waals surface area contributed by atoms with Crippen molar-refractivity contribution in [2.75, 3.05) is 0 Å². The van der Waals surface area contributed by atoms with E-state index in [4.69, 9.17) is 9.05 Å². The molecule has 1 aliphatic rings. The fourth-order valence-corrected chi connectivity index (χ4v) is 7.69. The highest BCUT2D eigenvalue weighted by atomic mass is 32.7. The molecule has 0 aromatic heterocycles. The Bertz CT molecular complexity index is 993. The van der Waals surface area contributed by atoms with Crippen LogP contribution in [0.25, 0.3) is 0 Å². The van der Waals surface area contributed by atoms with Gasteiger partial charge in [0, 0.05) is 17.4 Å². The SMILES string of the molecule is O=[N+]([O-])c1ccc(O[P@]2(=O)O[C@@H](c3ccccc3)CC[C@@H](c3ccccc3)S2)cc1. The molecule has 0 saturated carbocycles. The van der Waals surface area contributed by atoms with E-state index in [0.29, 0.717) is 6.42 Å². The van der Waals surface area contributed by atoms with Gasteiger partial charge in [-0.05, 0) is 47.5 Å². The number of nitro groups is 1. The van der Waals surface area contributed by atoms with Gasteiger partial charge in [-0.25, -0.2) is 4.57 Å². The first-order valence-corrected chi connectivity index (χ1v) is 12.6. The van der Waals surface area contributed by atoms with Crippen LogP contribution in [0.5, 0.6) is 5.75 Å². The minimum atomic E-state index is -3.61. The largest absolute Gasteiger partial charge is 0.441 e. The monoisotopic (exact) mass is 441 g/mol. The number of rotatable bonds is 5. The minimum Gasteiger partial charge on any atom is -0.417 e. The summed E-state index contributed by atoms with van der Waals surface area (Å²) >= 11 is 1.19. The van der Waals surface area contributed by atoms with Crippen LogP contribution in [-0.4, -0.2) is 4.92 Å². The molecule has 8 heteroatoms. The molecule has 3 aromatic rings. The van der Waals surface area contributed by atoms with Crippen molar-refractivity contribution in [2.24, 2.45) is 0 Å². The van der Waals surface area contributed by atoms with Crippen molar-refractivity contribution in [3.05, 3.63) is 106 Å². The van der Waals surface area contributed by atoms with E-state index >= 15 is 0 Å². The topological polar surface area (TPSA) is 78.7 Å². The van der Waals surface area contributed by atoms with E-state index in [0.717, 1.165) is 17.5 Å². The van der Waals surface area contributed by atoms with Gasteiger partial charge in [0.15, 0.2) is 0 Å². The second-order valence-electron chi connectivity index (χ2n) is 6.88. The number of nitro benzene ring substituents is 1. The standard InChI is InChI=1S/C22H20NO5PS/c24-23(25)19-11-13-20(14-12-19)27-29(26)28-21(17-7-3-1-4-8-17)15-16-22(30-29)18-9-5-2-6-10-18/h1-14,21-22H,15-16H2/t21-,22+,29-/m1/s1. The molecule has 3 aromatic carbocycles. The van der Waals surface area contributed by atoms with E-state index in [1.807, 2.05) is 60.7 Å². The Balaban J connectivity index is 1.64.